The van der Waals surface area contributed by atoms with Crippen molar-refractivity contribution < 1.29 is 36.7 Å². The van der Waals surface area contributed by atoms with Crippen molar-refractivity contribution in [3.05, 3.63) is 65.6 Å². The van der Waals surface area contributed by atoms with Gasteiger partial charge in [-0.1, -0.05) is 23.4 Å². The van der Waals surface area contributed by atoms with Gasteiger partial charge in [-0.05, 0) is 44.2 Å². The molecule has 0 spiro atoms. The SMILES string of the molecule is Cc1noc(-c2ccc(OC(F)(F)F)cc2)c1N(C(=O)O)C(C)c1ccccc1F. The van der Waals surface area contributed by atoms with E-state index in [4.69, 9.17) is 4.52 Å². The van der Waals surface area contributed by atoms with E-state index in [0.29, 0.717) is 0 Å². The van der Waals surface area contributed by atoms with Gasteiger partial charge < -0.3 is 14.4 Å². The Labute approximate surface area is 168 Å². The summed E-state index contributed by atoms with van der Waals surface area (Å²) in [6.07, 6.45) is -6.22. The molecule has 1 heterocycles. The Bertz CT molecular complexity index is 1050. The van der Waals surface area contributed by atoms with E-state index in [9.17, 15) is 27.5 Å². The van der Waals surface area contributed by atoms with Crippen LogP contribution in [-0.4, -0.2) is 22.7 Å². The van der Waals surface area contributed by atoms with Gasteiger partial charge in [-0.25, -0.2) is 9.18 Å². The molecule has 158 valence electrons. The van der Waals surface area contributed by atoms with E-state index in [1.54, 1.807) is 6.07 Å². The van der Waals surface area contributed by atoms with E-state index >= 15 is 0 Å². The predicted molar refractivity (Wildman–Crippen MR) is 98.7 cm³/mol. The van der Waals surface area contributed by atoms with E-state index in [-0.39, 0.29) is 28.3 Å². The lowest BCUT2D eigenvalue weighted by Crippen LogP contribution is -2.33. The highest BCUT2D eigenvalue weighted by molar-refractivity contribution is 5.93. The third-order valence-corrected chi connectivity index (χ3v) is 4.37. The molecule has 2 aromatic carbocycles. The summed E-state index contributed by atoms with van der Waals surface area (Å²) in [6, 6.07) is 9.48. The second-order valence-electron chi connectivity index (χ2n) is 6.37. The Morgan fingerprint density at radius 2 is 1.80 bits per heavy atom. The van der Waals surface area contributed by atoms with Gasteiger partial charge >= 0.3 is 12.5 Å². The minimum atomic E-state index is -4.84. The Kier molecular flexibility index (Phi) is 5.68. The number of carboxylic acid groups (broad SMARTS) is 1. The van der Waals surface area contributed by atoms with Crippen molar-refractivity contribution in [2.45, 2.75) is 26.3 Å². The van der Waals surface area contributed by atoms with Gasteiger partial charge in [0, 0.05) is 11.1 Å². The van der Waals surface area contributed by atoms with E-state index in [0.717, 1.165) is 17.0 Å². The third-order valence-electron chi connectivity index (χ3n) is 4.37. The minimum Gasteiger partial charge on any atom is -0.465 e. The molecule has 0 fully saturated rings. The molecule has 1 aromatic heterocycles. The first-order valence-corrected chi connectivity index (χ1v) is 8.67. The highest BCUT2D eigenvalue weighted by Gasteiger charge is 2.33. The van der Waals surface area contributed by atoms with Crippen LogP contribution in [0.15, 0.2) is 53.1 Å². The highest BCUT2D eigenvalue weighted by Crippen LogP contribution is 2.39. The molecule has 1 atom stereocenters. The first-order chi connectivity index (χ1) is 14.1. The first-order valence-electron chi connectivity index (χ1n) is 8.67. The van der Waals surface area contributed by atoms with Crippen LogP contribution < -0.4 is 9.64 Å². The summed E-state index contributed by atoms with van der Waals surface area (Å²) >= 11 is 0. The monoisotopic (exact) mass is 424 g/mol. The molecule has 6 nitrogen and oxygen atoms in total. The Morgan fingerprint density at radius 3 is 2.37 bits per heavy atom. The topological polar surface area (TPSA) is 75.8 Å². The molecule has 1 amide bonds. The van der Waals surface area contributed by atoms with Crippen LogP contribution in [0.1, 0.15) is 24.2 Å². The lowest BCUT2D eigenvalue weighted by molar-refractivity contribution is -0.274. The number of aryl methyl sites for hydroxylation is 1. The van der Waals surface area contributed by atoms with Gasteiger partial charge in [-0.3, -0.25) is 4.90 Å². The lowest BCUT2D eigenvalue weighted by Gasteiger charge is -2.27. The van der Waals surface area contributed by atoms with Crippen LogP contribution in [-0.2, 0) is 0 Å². The van der Waals surface area contributed by atoms with Crippen LogP contribution in [0.5, 0.6) is 5.75 Å². The van der Waals surface area contributed by atoms with E-state index in [1.165, 1.54) is 44.2 Å². The number of amides is 1. The predicted octanol–water partition coefficient (Wildman–Crippen LogP) is 5.93. The van der Waals surface area contributed by atoms with Gasteiger partial charge in [-0.15, -0.1) is 13.2 Å². The standard InChI is InChI=1S/C20H16F4N2O4/c1-11-17(26(19(27)28)12(2)15-5-3-4-6-16(15)21)18(30-25-11)13-7-9-14(10-8-13)29-20(22,23)24/h3-10,12H,1-2H3,(H,27,28). The summed E-state index contributed by atoms with van der Waals surface area (Å²) in [7, 11) is 0. The molecule has 0 saturated carbocycles. The molecule has 3 rings (SSSR count). The Morgan fingerprint density at radius 1 is 1.17 bits per heavy atom. The molecule has 0 bridgehead atoms. The summed E-state index contributed by atoms with van der Waals surface area (Å²) in [5.41, 5.74) is 0.682. The number of halogens is 4. The summed E-state index contributed by atoms with van der Waals surface area (Å²) in [6.45, 7) is 3.01. The number of aromatic nitrogens is 1. The van der Waals surface area contributed by atoms with Crippen LogP contribution in [0.4, 0.5) is 28.0 Å². The molecule has 1 unspecified atom stereocenters. The first kappa shape index (κ1) is 21.2. The van der Waals surface area contributed by atoms with Gasteiger partial charge in [0.15, 0.2) is 5.76 Å². The number of ether oxygens (including phenoxy) is 1. The molecule has 0 radical (unpaired) electrons. The molecule has 0 aliphatic rings. The average Bonchev–Trinajstić information content (AvgIpc) is 3.02. The Balaban J connectivity index is 2.03. The summed E-state index contributed by atoms with van der Waals surface area (Å²) in [5, 5.41) is 13.6. The van der Waals surface area contributed by atoms with Crippen LogP contribution in [0.2, 0.25) is 0 Å². The second-order valence-corrected chi connectivity index (χ2v) is 6.37. The highest BCUT2D eigenvalue weighted by atomic mass is 19.4. The quantitative estimate of drug-likeness (QED) is 0.514. The van der Waals surface area contributed by atoms with Crippen molar-refractivity contribution in [3.8, 4) is 17.1 Å². The van der Waals surface area contributed by atoms with Crippen molar-refractivity contribution in [1.29, 1.82) is 0 Å². The number of hydrogen-bond donors (Lipinski definition) is 1. The molecular weight excluding hydrogens is 408 g/mol. The molecule has 1 N–H and O–H groups in total. The minimum absolute atomic E-state index is 0.0108. The number of alkyl halides is 3. The van der Waals surface area contributed by atoms with Gasteiger partial charge in [0.2, 0.25) is 0 Å². The van der Waals surface area contributed by atoms with Crippen molar-refractivity contribution in [2.75, 3.05) is 4.90 Å². The number of nitrogens with zero attached hydrogens (tertiary/aromatic N) is 2. The van der Waals surface area contributed by atoms with Crippen molar-refractivity contribution in [3.63, 3.8) is 0 Å². The number of carbonyl (C=O) groups is 1. The van der Waals surface area contributed by atoms with Crippen molar-refractivity contribution >= 4 is 11.8 Å². The van der Waals surface area contributed by atoms with Gasteiger partial charge in [0.1, 0.15) is 22.9 Å². The maximum Gasteiger partial charge on any atom is 0.573 e. The number of anilines is 1. The largest absolute Gasteiger partial charge is 0.573 e. The van der Waals surface area contributed by atoms with Crippen molar-refractivity contribution in [1.82, 2.24) is 5.16 Å². The van der Waals surface area contributed by atoms with Crippen molar-refractivity contribution in [2.24, 2.45) is 0 Å². The number of rotatable bonds is 5. The summed E-state index contributed by atoms with van der Waals surface area (Å²) in [4.78, 5) is 13.0. The molecule has 0 aliphatic heterocycles. The van der Waals surface area contributed by atoms with Gasteiger partial charge in [0.25, 0.3) is 0 Å². The number of hydrogen-bond acceptors (Lipinski definition) is 4. The fourth-order valence-electron chi connectivity index (χ4n) is 3.05. The smallest absolute Gasteiger partial charge is 0.465 e. The fourth-order valence-corrected chi connectivity index (χ4v) is 3.05. The van der Waals surface area contributed by atoms with Crippen LogP contribution in [0, 0.1) is 12.7 Å². The number of benzene rings is 2. The average molecular weight is 424 g/mol. The molecule has 3 aromatic rings. The molecule has 10 heteroatoms. The lowest BCUT2D eigenvalue weighted by atomic mass is 10.0. The molecule has 30 heavy (non-hydrogen) atoms. The summed E-state index contributed by atoms with van der Waals surface area (Å²) in [5.74, 6) is -1.02. The maximum absolute atomic E-state index is 14.2. The van der Waals surface area contributed by atoms with E-state index in [2.05, 4.69) is 9.89 Å². The zero-order valence-corrected chi connectivity index (χ0v) is 15.8. The molecule has 0 saturated heterocycles. The van der Waals surface area contributed by atoms with Crippen LogP contribution in [0.25, 0.3) is 11.3 Å². The van der Waals surface area contributed by atoms with Gasteiger partial charge in [-0.2, -0.15) is 0 Å². The summed E-state index contributed by atoms with van der Waals surface area (Å²) < 4.78 is 60.4. The van der Waals surface area contributed by atoms with Crippen LogP contribution in [0.3, 0.4) is 0 Å². The second kappa shape index (κ2) is 8.05. The van der Waals surface area contributed by atoms with Crippen LogP contribution >= 0.6 is 0 Å². The van der Waals surface area contributed by atoms with E-state index in [1.807, 2.05) is 0 Å². The zero-order chi connectivity index (χ0) is 22.1. The zero-order valence-electron chi connectivity index (χ0n) is 15.8. The third kappa shape index (κ3) is 4.37. The fraction of sp³-hybridized carbons (Fsp3) is 0.200. The molecular formula is C20H16F4N2O4. The van der Waals surface area contributed by atoms with Gasteiger partial charge in [0.05, 0.1) is 6.04 Å². The normalized spacial score (nSPS) is 12.5. The van der Waals surface area contributed by atoms with E-state index < -0.39 is 30.1 Å². The Hall–Kier alpha value is -3.56. The molecule has 0 aliphatic carbocycles. The maximum atomic E-state index is 14.2.